The molecule has 2 aromatic rings. The molecule has 96 valence electrons. The predicted molar refractivity (Wildman–Crippen MR) is 76.2 cm³/mol. The van der Waals surface area contributed by atoms with Gasteiger partial charge in [-0.2, -0.15) is 0 Å². The highest BCUT2D eigenvalue weighted by Crippen LogP contribution is 2.37. The molecular formula is C12H12Cl2N2OS. The maximum atomic E-state index is 6.17. The number of hydrogen-bond acceptors (Lipinski definition) is 4. The zero-order valence-corrected chi connectivity index (χ0v) is 12.1. The molecule has 0 aliphatic heterocycles. The first-order valence-electron chi connectivity index (χ1n) is 5.29. The summed E-state index contributed by atoms with van der Waals surface area (Å²) in [6.07, 6.45) is 0. The van der Waals surface area contributed by atoms with Crippen LogP contribution in [-0.4, -0.2) is 12.1 Å². The Kier molecular flexibility index (Phi) is 4.59. The number of thiazole rings is 1. The number of nitrogens with zero attached hydrogens (tertiary/aromatic N) is 1. The lowest BCUT2D eigenvalue weighted by Gasteiger charge is -2.02. The Morgan fingerprint density at radius 1 is 1.33 bits per heavy atom. The highest BCUT2D eigenvalue weighted by molar-refractivity contribution is 7.15. The zero-order chi connectivity index (χ0) is 13.1. The van der Waals surface area contributed by atoms with Crippen LogP contribution in [0.4, 0.5) is 0 Å². The van der Waals surface area contributed by atoms with Gasteiger partial charge in [0.05, 0.1) is 22.3 Å². The second-order valence-electron chi connectivity index (χ2n) is 3.62. The first-order chi connectivity index (χ1) is 8.67. The summed E-state index contributed by atoms with van der Waals surface area (Å²) in [4.78, 5) is 5.50. The lowest BCUT2D eigenvalue weighted by Crippen LogP contribution is -1.99. The van der Waals surface area contributed by atoms with Crippen LogP contribution in [0.1, 0.15) is 10.6 Å². The summed E-state index contributed by atoms with van der Waals surface area (Å²) in [6, 6.07) is 5.40. The summed E-state index contributed by atoms with van der Waals surface area (Å²) in [5.74, 6) is 0. The van der Waals surface area contributed by atoms with Crippen molar-refractivity contribution in [1.29, 1.82) is 0 Å². The lowest BCUT2D eigenvalue weighted by molar-refractivity contribution is 0.181. The van der Waals surface area contributed by atoms with Crippen LogP contribution in [0.25, 0.3) is 10.6 Å². The maximum Gasteiger partial charge on any atom is 0.127 e. The van der Waals surface area contributed by atoms with Gasteiger partial charge in [-0.3, -0.25) is 0 Å². The summed E-state index contributed by atoms with van der Waals surface area (Å²) in [5.41, 5.74) is 7.29. The van der Waals surface area contributed by atoms with Crippen molar-refractivity contribution >= 4 is 34.5 Å². The third-order valence-electron chi connectivity index (χ3n) is 2.42. The maximum absolute atomic E-state index is 6.17. The van der Waals surface area contributed by atoms with Crippen LogP contribution < -0.4 is 5.73 Å². The first kappa shape index (κ1) is 13.8. The van der Waals surface area contributed by atoms with Crippen molar-refractivity contribution in [3.63, 3.8) is 0 Å². The molecule has 0 spiro atoms. The van der Waals surface area contributed by atoms with Crippen LogP contribution in [0.5, 0.6) is 0 Å². The highest BCUT2D eigenvalue weighted by Gasteiger charge is 2.16. The molecule has 0 bridgehead atoms. The number of rotatable bonds is 4. The molecule has 0 atom stereocenters. The molecule has 0 aliphatic rings. The van der Waals surface area contributed by atoms with Crippen LogP contribution in [0.15, 0.2) is 18.2 Å². The Bertz CT molecular complexity index is 537. The van der Waals surface area contributed by atoms with Gasteiger partial charge in [0.1, 0.15) is 5.01 Å². The molecule has 0 unspecified atom stereocenters. The van der Waals surface area contributed by atoms with E-state index in [0.29, 0.717) is 23.2 Å². The van der Waals surface area contributed by atoms with Crippen molar-refractivity contribution in [2.45, 2.75) is 13.2 Å². The third-order valence-corrected chi connectivity index (χ3v) is 4.19. The molecule has 0 aliphatic carbocycles. The number of ether oxygens (including phenoxy) is 1. The largest absolute Gasteiger partial charge is 0.378 e. The molecule has 6 heteroatoms. The normalized spacial score (nSPS) is 10.9. The van der Waals surface area contributed by atoms with Crippen molar-refractivity contribution in [3.8, 4) is 10.6 Å². The van der Waals surface area contributed by atoms with Gasteiger partial charge in [0.15, 0.2) is 0 Å². The molecule has 1 aromatic heterocycles. The highest BCUT2D eigenvalue weighted by atomic mass is 35.5. The molecule has 2 N–H and O–H groups in total. The second kappa shape index (κ2) is 5.99. The Morgan fingerprint density at radius 2 is 2.00 bits per heavy atom. The van der Waals surface area contributed by atoms with E-state index in [4.69, 9.17) is 33.7 Å². The van der Waals surface area contributed by atoms with Crippen molar-refractivity contribution in [1.82, 2.24) is 4.98 Å². The molecule has 0 saturated carbocycles. The van der Waals surface area contributed by atoms with Gasteiger partial charge in [-0.15, -0.1) is 11.3 Å². The number of methoxy groups -OCH3 is 1. The SMILES string of the molecule is COCc1nc(-c2c(Cl)cccc2Cl)sc1CN. The monoisotopic (exact) mass is 302 g/mol. The van der Waals surface area contributed by atoms with E-state index in [2.05, 4.69) is 4.98 Å². The number of nitrogens with two attached hydrogens (primary N) is 1. The van der Waals surface area contributed by atoms with Gasteiger partial charge in [0.2, 0.25) is 0 Å². The average molecular weight is 303 g/mol. The Hall–Kier alpha value is -0.650. The summed E-state index contributed by atoms with van der Waals surface area (Å²) < 4.78 is 5.10. The minimum atomic E-state index is 0.429. The summed E-state index contributed by atoms with van der Waals surface area (Å²) >= 11 is 13.8. The van der Waals surface area contributed by atoms with E-state index >= 15 is 0 Å². The van der Waals surface area contributed by atoms with Crippen LogP contribution in [0.3, 0.4) is 0 Å². The number of benzene rings is 1. The van der Waals surface area contributed by atoms with E-state index in [1.54, 1.807) is 19.2 Å². The molecule has 1 heterocycles. The van der Waals surface area contributed by atoms with Gasteiger partial charge in [-0.05, 0) is 12.1 Å². The summed E-state index contributed by atoms with van der Waals surface area (Å²) in [5, 5.41) is 1.95. The van der Waals surface area contributed by atoms with Gasteiger partial charge >= 0.3 is 0 Å². The van der Waals surface area contributed by atoms with Gasteiger partial charge in [0, 0.05) is 24.1 Å². The van der Waals surface area contributed by atoms with Crippen LogP contribution in [0.2, 0.25) is 10.0 Å². The van der Waals surface area contributed by atoms with Crippen molar-refractivity contribution < 1.29 is 4.74 Å². The van der Waals surface area contributed by atoms with E-state index in [-0.39, 0.29) is 0 Å². The zero-order valence-electron chi connectivity index (χ0n) is 9.74. The molecule has 0 amide bonds. The number of halogens is 2. The number of aromatic nitrogens is 1. The van der Waals surface area contributed by atoms with Gasteiger partial charge in [0.25, 0.3) is 0 Å². The fourth-order valence-corrected chi connectivity index (χ4v) is 3.31. The van der Waals surface area contributed by atoms with E-state index in [9.17, 15) is 0 Å². The Labute approximate surface area is 120 Å². The molecule has 1 aromatic carbocycles. The van der Waals surface area contributed by atoms with Gasteiger partial charge in [-0.25, -0.2) is 4.98 Å². The average Bonchev–Trinajstić information content (AvgIpc) is 2.72. The standard InChI is InChI=1S/C12H12Cl2N2OS/c1-17-6-9-10(5-15)18-12(16-9)11-7(13)3-2-4-8(11)14/h2-4H,5-6,15H2,1H3. The van der Waals surface area contributed by atoms with Crippen LogP contribution in [0, 0.1) is 0 Å². The lowest BCUT2D eigenvalue weighted by atomic mass is 10.2. The quantitative estimate of drug-likeness (QED) is 0.936. The van der Waals surface area contributed by atoms with Crippen LogP contribution in [-0.2, 0) is 17.9 Å². The fourth-order valence-electron chi connectivity index (χ4n) is 1.60. The van der Waals surface area contributed by atoms with E-state index < -0.39 is 0 Å². The van der Waals surface area contributed by atoms with E-state index in [0.717, 1.165) is 21.1 Å². The van der Waals surface area contributed by atoms with Crippen molar-refractivity contribution in [3.05, 3.63) is 38.8 Å². The smallest absolute Gasteiger partial charge is 0.127 e. The van der Waals surface area contributed by atoms with E-state index in [1.807, 2.05) is 6.07 Å². The van der Waals surface area contributed by atoms with Crippen molar-refractivity contribution in [2.24, 2.45) is 5.73 Å². The third kappa shape index (κ3) is 2.68. The van der Waals surface area contributed by atoms with Gasteiger partial charge < -0.3 is 10.5 Å². The molecule has 0 fully saturated rings. The van der Waals surface area contributed by atoms with E-state index in [1.165, 1.54) is 11.3 Å². The molecule has 0 saturated heterocycles. The predicted octanol–water partition coefficient (Wildman–Crippen LogP) is 3.72. The first-order valence-corrected chi connectivity index (χ1v) is 6.86. The second-order valence-corrected chi connectivity index (χ2v) is 5.52. The van der Waals surface area contributed by atoms with Crippen LogP contribution >= 0.6 is 34.5 Å². The topological polar surface area (TPSA) is 48.1 Å². The fraction of sp³-hybridized carbons (Fsp3) is 0.250. The minimum absolute atomic E-state index is 0.429. The minimum Gasteiger partial charge on any atom is -0.378 e. The summed E-state index contributed by atoms with van der Waals surface area (Å²) in [7, 11) is 1.63. The molecular weight excluding hydrogens is 291 g/mol. The van der Waals surface area contributed by atoms with Gasteiger partial charge in [-0.1, -0.05) is 29.3 Å². The molecule has 18 heavy (non-hydrogen) atoms. The Morgan fingerprint density at radius 3 is 2.56 bits per heavy atom. The van der Waals surface area contributed by atoms with Crippen molar-refractivity contribution in [2.75, 3.05) is 7.11 Å². The molecule has 0 radical (unpaired) electrons. The Balaban J connectivity index is 2.51. The molecule has 2 rings (SSSR count). The number of hydrogen-bond donors (Lipinski definition) is 1. The summed E-state index contributed by atoms with van der Waals surface area (Å²) in [6.45, 7) is 0.865. The molecule has 3 nitrogen and oxygen atoms in total.